The molecule has 0 aromatic rings. The maximum atomic E-state index is 11.2. The predicted molar refractivity (Wildman–Crippen MR) is 69.0 cm³/mol. The fourth-order valence-electron chi connectivity index (χ4n) is 2.33. The zero-order valence-electron chi connectivity index (χ0n) is 11.1. The second-order valence-electron chi connectivity index (χ2n) is 4.61. The molecule has 1 aliphatic carbocycles. The number of amides is 1. The first-order chi connectivity index (χ1) is 8.26. The van der Waals surface area contributed by atoms with E-state index in [9.17, 15) is 4.79 Å². The Hall–Kier alpha value is -0.610. The summed E-state index contributed by atoms with van der Waals surface area (Å²) in [6.07, 6.45) is 5.47. The molecule has 4 nitrogen and oxygen atoms in total. The number of hydrogen-bond acceptors (Lipinski definition) is 3. The van der Waals surface area contributed by atoms with Crippen LogP contribution in [-0.4, -0.2) is 37.7 Å². The second-order valence-corrected chi connectivity index (χ2v) is 4.61. The molecule has 0 unspecified atom stereocenters. The van der Waals surface area contributed by atoms with E-state index in [1.807, 2.05) is 6.92 Å². The van der Waals surface area contributed by atoms with Crippen LogP contribution in [0.25, 0.3) is 0 Å². The summed E-state index contributed by atoms with van der Waals surface area (Å²) in [5.41, 5.74) is 0. The van der Waals surface area contributed by atoms with Gasteiger partial charge in [0.2, 0.25) is 5.91 Å². The van der Waals surface area contributed by atoms with Crippen LogP contribution in [0.1, 0.15) is 46.0 Å². The first kappa shape index (κ1) is 14.5. The van der Waals surface area contributed by atoms with Crippen molar-refractivity contribution in [3.63, 3.8) is 0 Å². The second kappa shape index (κ2) is 8.48. The minimum Gasteiger partial charge on any atom is -0.378 e. The highest BCUT2D eigenvalue weighted by Gasteiger charge is 2.20. The molecule has 0 heterocycles. The van der Waals surface area contributed by atoms with Crippen LogP contribution in [0, 0.1) is 0 Å². The van der Waals surface area contributed by atoms with Crippen LogP contribution in [0.2, 0.25) is 0 Å². The van der Waals surface area contributed by atoms with Gasteiger partial charge < -0.3 is 15.4 Å². The summed E-state index contributed by atoms with van der Waals surface area (Å²) in [5.74, 6) is 0.0915. The van der Waals surface area contributed by atoms with Crippen LogP contribution in [-0.2, 0) is 9.53 Å². The van der Waals surface area contributed by atoms with E-state index in [1.54, 1.807) is 0 Å². The van der Waals surface area contributed by atoms with Crippen molar-refractivity contribution in [2.45, 2.75) is 58.1 Å². The minimum atomic E-state index is 0.0915. The van der Waals surface area contributed by atoms with Crippen molar-refractivity contribution in [3.8, 4) is 0 Å². The molecule has 1 rings (SSSR count). The Bertz CT molecular complexity index is 213. The Balaban J connectivity index is 2.04. The van der Waals surface area contributed by atoms with Crippen molar-refractivity contribution in [1.29, 1.82) is 0 Å². The monoisotopic (exact) mass is 242 g/mol. The molecule has 100 valence electrons. The third kappa shape index (κ3) is 6.03. The summed E-state index contributed by atoms with van der Waals surface area (Å²) >= 11 is 0. The van der Waals surface area contributed by atoms with Crippen LogP contribution in [0.5, 0.6) is 0 Å². The molecule has 1 aliphatic rings. The lowest BCUT2D eigenvalue weighted by Gasteiger charge is -2.28. The van der Waals surface area contributed by atoms with Gasteiger partial charge in [-0.3, -0.25) is 4.79 Å². The molecule has 0 spiro atoms. The molecule has 0 radical (unpaired) electrons. The highest BCUT2D eigenvalue weighted by Crippen LogP contribution is 2.21. The quantitative estimate of drug-likeness (QED) is 0.710. The largest absolute Gasteiger partial charge is 0.378 e. The minimum absolute atomic E-state index is 0.0915. The summed E-state index contributed by atoms with van der Waals surface area (Å²) in [7, 11) is 0. The number of ether oxygens (including phenoxy) is 1. The van der Waals surface area contributed by atoms with Gasteiger partial charge in [-0.25, -0.2) is 0 Å². The molecule has 0 aromatic heterocycles. The molecular weight excluding hydrogens is 216 g/mol. The summed E-state index contributed by atoms with van der Waals surface area (Å²) in [4.78, 5) is 11.2. The van der Waals surface area contributed by atoms with Crippen LogP contribution in [0.15, 0.2) is 0 Å². The zero-order chi connectivity index (χ0) is 12.5. The van der Waals surface area contributed by atoms with E-state index in [2.05, 4.69) is 17.6 Å². The molecule has 1 saturated carbocycles. The fourth-order valence-corrected chi connectivity index (χ4v) is 2.33. The Labute approximate surface area is 104 Å². The van der Waals surface area contributed by atoms with Crippen LogP contribution in [0.4, 0.5) is 0 Å². The van der Waals surface area contributed by atoms with Gasteiger partial charge in [0.25, 0.3) is 0 Å². The molecule has 4 heteroatoms. The Morgan fingerprint density at radius 2 is 1.88 bits per heavy atom. The maximum absolute atomic E-state index is 11.2. The lowest BCUT2D eigenvalue weighted by Crippen LogP contribution is -2.35. The fraction of sp³-hybridized carbons (Fsp3) is 0.923. The summed E-state index contributed by atoms with van der Waals surface area (Å²) in [6.45, 7) is 6.39. The average Bonchev–Trinajstić information content (AvgIpc) is 2.32. The average molecular weight is 242 g/mol. The number of carbonyl (C=O) groups is 1. The Morgan fingerprint density at radius 3 is 2.47 bits per heavy atom. The zero-order valence-corrected chi connectivity index (χ0v) is 11.1. The van der Waals surface area contributed by atoms with E-state index < -0.39 is 0 Å². The van der Waals surface area contributed by atoms with Gasteiger partial charge in [0, 0.05) is 19.0 Å². The van der Waals surface area contributed by atoms with Gasteiger partial charge in [-0.05, 0) is 39.2 Å². The topological polar surface area (TPSA) is 50.4 Å². The first-order valence-electron chi connectivity index (χ1n) is 6.88. The van der Waals surface area contributed by atoms with Crippen LogP contribution in [0.3, 0.4) is 0 Å². The smallest absolute Gasteiger partial charge is 0.222 e. The van der Waals surface area contributed by atoms with E-state index in [4.69, 9.17) is 4.74 Å². The van der Waals surface area contributed by atoms with Crippen molar-refractivity contribution in [2.24, 2.45) is 0 Å². The summed E-state index contributed by atoms with van der Waals surface area (Å²) in [5, 5.41) is 6.25. The van der Waals surface area contributed by atoms with Crippen molar-refractivity contribution in [3.05, 3.63) is 0 Å². The maximum Gasteiger partial charge on any atom is 0.222 e. The molecule has 0 saturated heterocycles. The molecule has 0 atom stereocenters. The van der Waals surface area contributed by atoms with Crippen molar-refractivity contribution in [1.82, 2.24) is 10.6 Å². The molecule has 0 aliphatic heterocycles. The van der Waals surface area contributed by atoms with Crippen LogP contribution < -0.4 is 10.6 Å². The molecule has 1 amide bonds. The Kier molecular flexibility index (Phi) is 7.21. The highest BCUT2D eigenvalue weighted by atomic mass is 16.5. The normalized spacial score (nSPS) is 24.6. The number of rotatable bonds is 7. The van der Waals surface area contributed by atoms with Crippen molar-refractivity contribution in [2.75, 3.05) is 19.7 Å². The van der Waals surface area contributed by atoms with Gasteiger partial charge in [-0.1, -0.05) is 6.92 Å². The van der Waals surface area contributed by atoms with Gasteiger partial charge in [-0.2, -0.15) is 0 Å². The van der Waals surface area contributed by atoms with Crippen molar-refractivity contribution >= 4 is 5.91 Å². The summed E-state index contributed by atoms with van der Waals surface area (Å²) < 4.78 is 5.74. The van der Waals surface area contributed by atoms with E-state index >= 15 is 0 Å². The SMILES string of the molecule is CCNC(=O)CCOC1CCC(NCC)CC1. The van der Waals surface area contributed by atoms with Gasteiger partial charge in [0.15, 0.2) is 0 Å². The number of carbonyl (C=O) groups excluding carboxylic acids is 1. The molecule has 1 fully saturated rings. The molecule has 0 aromatic carbocycles. The lowest BCUT2D eigenvalue weighted by molar-refractivity contribution is -0.122. The molecule has 0 bridgehead atoms. The predicted octanol–water partition coefficient (Wildman–Crippen LogP) is 1.45. The molecular formula is C13H26N2O2. The van der Waals surface area contributed by atoms with Gasteiger partial charge in [0.05, 0.1) is 12.7 Å². The van der Waals surface area contributed by atoms with E-state index in [0.29, 0.717) is 31.7 Å². The molecule has 17 heavy (non-hydrogen) atoms. The number of hydrogen-bond donors (Lipinski definition) is 2. The van der Waals surface area contributed by atoms with E-state index in [1.165, 1.54) is 12.8 Å². The van der Waals surface area contributed by atoms with E-state index in [0.717, 1.165) is 19.4 Å². The van der Waals surface area contributed by atoms with Gasteiger partial charge in [-0.15, -0.1) is 0 Å². The van der Waals surface area contributed by atoms with Crippen LogP contribution >= 0.6 is 0 Å². The first-order valence-corrected chi connectivity index (χ1v) is 6.88. The third-order valence-electron chi connectivity index (χ3n) is 3.22. The highest BCUT2D eigenvalue weighted by molar-refractivity contribution is 5.75. The molecule has 2 N–H and O–H groups in total. The van der Waals surface area contributed by atoms with Crippen molar-refractivity contribution < 1.29 is 9.53 Å². The third-order valence-corrected chi connectivity index (χ3v) is 3.22. The van der Waals surface area contributed by atoms with Gasteiger partial charge >= 0.3 is 0 Å². The summed E-state index contributed by atoms with van der Waals surface area (Å²) in [6, 6.07) is 0.670. The Morgan fingerprint density at radius 1 is 1.18 bits per heavy atom. The van der Waals surface area contributed by atoms with Gasteiger partial charge in [0.1, 0.15) is 0 Å². The lowest BCUT2D eigenvalue weighted by atomic mass is 9.93. The van der Waals surface area contributed by atoms with E-state index in [-0.39, 0.29) is 5.91 Å². The number of nitrogens with one attached hydrogen (secondary N) is 2. The standard InChI is InChI=1S/C13H26N2O2/c1-3-14-11-5-7-12(8-6-11)17-10-9-13(16)15-4-2/h11-12,14H,3-10H2,1-2H3,(H,15,16).